The summed E-state index contributed by atoms with van der Waals surface area (Å²) in [6.45, 7) is 9.05. The highest BCUT2D eigenvalue weighted by atomic mass is 15.2. The summed E-state index contributed by atoms with van der Waals surface area (Å²) >= 11 is 0. The minimum absolute atomic E-state index is 0.933. The van der Waals surface area contributed by atoms with Gasteiger partial charge in [0.25, 0.3) is 0 Å². The van der Waals surface area contributed by atoms with Crippen LogP contribution in [0.1, 0.15) is 19.8 Å². The molecule has 0 aromatic heterocycles. The topological polar surface area (TPSA) is 27.6 Å². The lowest BCUT2D eigenvalue weighted by atomic mass is 10.1. The zero-order chi connectivity index (χ0) is 10.5. The normalized spacial score (nSPS) is 22.7. The molecule has 15 heavy (non-hydrogen) atoms. The van der Waals surface area contributed by atoms with Gasteiger partial charge in [-0.1, -0.05) is 5.57 Å². The van der Waals surface area contributed by atoms with Gasteiger partial charge in [-0.15, -0.1) is 0 Å². The summed E-state index contributed by atoms with van der Waals surface area (Å²) in [4.78, 5) is 7.04. The van der Waals surface area contributed by atoms with Crippen molar-refractivity contribution >= 4 is 5.71 Å². The van der Waals surface area contributed by atoms with Crippen LogP contribution in [-0.2, 0) is 0 Å². The average molecular weight is 207 g/mol. The van der Waals surface area contributed by atoms with Crippen LogP contribution >= 0.6 is 0 Å². The first kappa shape index (κ1) is 10.8. The Morgan fingerprint density at radius 2 is 2.20 bits per heavy atom. The molecule has 3 heteroatoms. The molecule has 2 heterocycles. The summed E-state index contributed by atoms with van der Waals surface area (Å²) in [5.41, 5.74) is 2.72. The molecule has 0 aromatic rings. The Kier molecular flexibility index (Phi) is 3.92. The van der Waals surface area contributed by atoms with Gasteiger partial charge >= 0.3 is 0 Å². The number of piperazine rings is 1. The number of nitrogens with one attached hydrogen (secondary N) is 1. The smallest absolute Gasteiger partial charge is 0.0603 e. The fraction of sp³-hybridized carbons (Fsp3) is 0.750. The molecule has 2 rings (SSSR count). The van der Waals surface area contributed by atoms with E-state index in [0.717, 1.165) is 26.1 Å². The van der Waals surface area contributed by atoms with Gasteiger partial charge in [-0.25, -0.2) is 0 Å². The Labute approximate surface area is 92.3 Å². The minimum atomic E-state index is 0.933. The van der Waals surface area contributed by atoms with Crippen LogP contribution in [-0.4, -0.2) is 49.9 Å². The van der Waals surface area contributed by atoms with Crippen molar-refractivity contribution in [2.75, 3.05) is 39.3 Å². The van der Waals surface area contributed by atoms with Crippen LogP contribution in [0.2, 0.25) is 0 Å². The lowest BCUT2D eigenvalue weighted by Crippen LogP contribution is -2.43. The summed E-state index contributed by atoms with van der Waals surface area (Å²) in [6.07, 6.45) is 4.65. The van der Waals surface area contributed by atoms with Crippen LogP contribution < -0.4 is 5.32 Å². The van der Waals surface area contributed by atoms with E-state index in [2.05, 4.69) is 28.2 Å². The third-order valence-corrected chi connectivity index (χ3v) is 3.06. The minimum Gasteiger partial charge on any atom is -0.314 e. The van der Waals surface area contributed by atoms with Crippen molar-refractivity contribution in [3.8, 4) is 0 Å². The van der Waals surface area contributed by atoms with E-state index in [1.54, 1.807) is 0 Å². The first-order valence-electron chi connectivity index (χ1n) is 5.98. The monoisotopic (exact) mass is 207 g/mol. The molecule has 0 saturated carbocycles. The Morgan fingerprint density at radius 3 is 2.87 bits per heavy atom. The van der Waals surface area contributed by atoms with Crippen molar-refractivity contribution in [2.45, 2.75) is 19.8 Å². The second-order valence-corrected chi connectivity index (χ2v) is 4.49. The van der Waals surface area contributed by atoms with Gasteiger partial charge in [0, 0.05) is 31.9 Å². The maximum Gasteiger partial charge on any atom is 0.0603 e. The van der Waals surface area contributed by atoms with E-state index in [1.165, 1.54) is 37.3 Å². The van der Waals surface area contributed by atoms with E-state index in [9.17, 15) is 0 Å². The molecule has 0 aromatic carbocycles. The van der Waals surface area contributed by atoms with Gasteiger partial charge in [-0.05, 0) is 32.4 Å². The zero-order valence-corrected chi connectivity index (χ0v) is 9.63. The maximum absolute atomic E-state index is 4.49. The molecule has 1 N–H and O–H groups in total. The number of aliphatic imine (C=N–C) groups is 1. The SMILES string of the molecule is CC1=CC(CCCN2CCNCC2)=NC1. The van der Waals surface area contributed by atoms with Crippen LogP contribution in [0.15, 0.2) is 16.6 Å². The van der Waals surface area contributed by atoms with Crippen molar-refractivity contribution in [2.24, 2.45) is 4.99 Å². The van der Waals surface area contributed by atoms with Crippen molar-refractivity contribution < 1.29 is 0 Å². The predicted octanol–water partition coefficient (Wildman–Crippen LogP) is 1.07. The summed E-state index contributed by atoms with van der Waals surface area (Å²) in [6, 6.07) is 0. The first-order valence-corrected chi connectivity index (χ1v) is 5.98. The van der Waals surface area contributed by atoms with Crippen molar-refractivity contribution in [3.63, 3.8) is 0 Å². The molecule has 0 atom stereocenters. The Morgan fingerprint density at radius 1 is 1.40 bits per heavy atom. The summed E-state index contributed by atoms with van der Waals surface area (Å²) < 4.78 is 0. The van der Waals surface area contributed by atoms with Gasteiger partial charge < -0.3 is 10.2 Å². The van der Waals surface area contributed by atoms with E-state index in [1.807, 2.05) is 0 Å². The fourth-order valence-electron chi connectivity index (χ4n) is 2.17. The van der Waals surface area contributed by atoms with E-state index >= 15 is 0 Å². The maximum atomic E-state index is 4.49. The summed E-state index contributed by atoms with van der Waals surface area (Å²) in [7, 11) is 0. The molecule has 0 unspecified atom stereocenters. The van der Waals surface area contributed by atoms with Crippen molar-refractivity contribution in [1.29, 1.82) is 0 Å². The first-order chi connectivity index (χ1) is 7.34. The summed E-state index contributed by atoms with van der Waals surface area (Å²) in [5.74, 6) is 0. The second-order valence-electron chi connectivity index (χ2n) is 4.49. The van der Waals surface area contributed by atoms with Gasteiger partial charge in [-0.2, -0.15) is 0 Å². The lowest BCUT2D eigenvalue weighted by Gasteiger charge is -2.26. The van der Waals surface area contributed by atoms with E-state index in [0.29, 0.717) is 0 Å². The molecule has 0 amide bonds. The fourth-order valence-corrected chi connectivity index (χ4v) is 2.17. The molecule has 1 fully saturated rings. The number of allylic oxidation sites excluding steroid dienone is 1. The highest BCUT2D eigenvalue weighted by Crippen LogP contribution is 2.08. The Bertz CT molecular complexity index is 262. The van der Waals surface area contributed by atoms with Crippen molar-refractivity contribution in [1.82, 2.24) is 10.2 Å². The molecule has 0 spiro atoms. The van der Waals surface area contributed by atoms with Gasteiger partial charge in [0.05, 0.1) is 6.54 Å². The molecule has 84 valence electrons. The second kappa shape index (κ2) is 5.42. The van der Waals surface area contributed by atoms with E-state index in [4.69, 9.17) is 0 Å². The number of nitrogens with zero attached hydrogens (tertiary/aromatic N) is 2. The van der Waals surface area contributed by atoms with Gasteiger partial charge in [0.1, 0.15) is 0 Å². The van der Waals surface area contributed by atoms with Crippen molar-refractivity contribution in [3.05, 3.63) is 11.6 Å². The van der Waals surface area contributed by atoms with Crippen LogP contribution in [0.4, 0.5) is 0 Å². The highest BCUT2D eigenvalue weighted by molar-refractivity contribution is 5.97. The van der Waals surface area contributed by atoms with Crippen LogP contribution in [0.3, 0.4) is 0 Å². The van der Waals surface area contributed by atoms with E-state index < -0.39 is 0 Å². The molecule has 0 aliphatic carbocycles. The van der Waals surface area contributed by atoms with Crippen LogP contribution in [0, 0.1) is 0 Å². The largest absolute Gasteiger partial charge is 0.314 e. The van der Waals surface area contributed by atoms with Crippen LogP contribution in [0.5, 0.6) is 0 Å². The predicted molar refractivity (Wildman–Crippen MR) is 64.6 cm³/mol. The number of rotatable bonds is 4. The zero-order valence-electron chi connectivity index (χ0n) is 9.63. The average Bonchev–Trinajstić information content (AvgIpc) is 2.66. The van der Waals surface area contributed by atoms with Gasteiger partial charge in [0.15, 0.2) is 0 Å². The molecule has 0 bridgehead atoms. The highest BCUT2D eigenvalue weighted by Gasteiger charge is 2.09. The molecule has 1 saturated heterocycles. The van der Waals surface area contributed by atoms with Gasteiger partial charge in [0.2, 0.25) is 0 Å². The number of hydrogen-bond donors (Lipinski definition) is 1. The molecule has 0 radical (unpaired) electrons. The molecular weight excluding hydrogens is 186 g/mol. The lowest BCUT2D eigenvalue weighted by molar-refractivity contribution is 0.240. The molecule has 3 nitrogen and oxygen atoms in total. The van der Waals surface area contributed by atoms with E-state index in [-0.39, 0.29) is 0 Å². The molecule has 2 aliphatic rings. The Balaban J connectivity index is 1.62. The standard InChI is InChI=1S/C12H21N3/c1-11-9-12(14-10-11)3-2-6-15-7-4-13-5-8-15/h9,13H,2-8,10H2,1H3. The Hall–Kier alpha value is -0.670. The van der Waals surface area contributed by atoms with Gasteiger partial charge in [-0.3, -0.25) is 4.99 Å². The quantitative estimate of drug-likeness (QED) is 0.747. The third kappa shape index (κ3) is 3.43. The third-order valence-electron chi connectivity index (χ3n) is 3.06. The number of hydrogen-bond acceptors (Lipinski definition) is 3. The summed E-state index contributed by atoms with van der Waals surface area (Å²) in [5, 5.41) is 3.38. The molecule has 2 aliphatic heterocycles. The molecular formula is C12H21N3. The van der Waals surface area contributed by atoms with Crippen LogP contribution in [0.25, 0.3) is 0 Å².